The van der Waals surface area contributed by atoms with Gasteiger partial charge in [0.15, 0.2) is 0 Å². The monoisotopic (exact) mass is 398 g/mol. The number of fused-ring (bicyclic) bond motifs is 1. The molecule has 2 amide bonds. The van der Waals surface area contributed by atoms with Gasteiger partial charge in [0.25, 0.3) is 0 Å². The zero-order valence-corrected chi connectivity index (χ0v) is 17.6. The molecule has 1 N–H and O–H groups in total. The minimum atomic E-state index is 0.0659. The standard InChI is InChI=1S/C23H34N4O2/c1-26-13-20(23(29)27-14-18-5-2-6-19(18)15-27)8-9-21(16-26)25-22(28)10-7-17-4-3-11-24-12-17/h3-4,11-12,18-21H,2,5-10,13-16H2,1H3,(H,25,28)/t18-,19+,20-,21+/m1/s1. The first-order chi connectivity index (χ1) is 14.1. The predicted molar refractivity (Wildman–Crippen MR) is 112 cm³/mol. The van der Waals surface area contributed by atoms with Gasteiger partial charge in [-0.1, -0.05) is 12.5 Å². The maximum atomic E-state index is 13.1. The van der Waals surface area contributed by atoms with E-state index in [2.05, 4.69) is 27.1 Å². The first-order valence-electron chi connectivity index (χ1n) is 11.2. The van der Waals surface area contributed by atoms with E-state index < -0.39 is 0 Å². The van der Waals surface area contributed by atoms with E-state index >= 15 is 0 Å². The van der Waals surface area contributed by atoms with Crippen molar-refractivity contribution >= 4 is 11.8 Å². The highest BCUT2D eigenvalue weighted by atomic mass is 16.2. The molecule has 6 heteroatoms. The molecule has 1 saturated carbocycles. The molecule has 2 aliphatic heterocycles. The molecule has 0 radical (unpaired) electrons. The molecule has 0 aromatic carbocycles. The largest absolute Gasteiger partial charge is 0.352 e. The summed E-state index contributed by atoms with van der Waals surface area (Å²) in [4.78, 5) is 34.0. The van der Waals surface area contributed by atoms with E-state index in [-0.39, 0.29) is 17.9 Å². The minimum Gasteiger partial charge on any atom is -0.352 e. The van der Waals surface area contributed by atoms with Crippen LogP contribution in [0.1, 0.15) is 44.1 Å². The molecule has 158 valence electrons. The average molecular weight is 399 g/mol. The topological polar surface area (TPSA) is 65.5 Å². The fourth-order valence-electron chi connectivity index (χ4n) is 5.51. The maximum absolute atomic E-state index is 13.1. The van der Waals surface area contributed by atoms with Gasteiger partial charge in [-0.3, -0.25) is 14.6 Å². The van der Waals surface area contributed by atoms with Crippen molar-refractivity contribution in [1.82, 2.24) is 20.1 Å². The van der Waals surface area contributed by atoms with Crippen molar-refractivity contribution in [2.75, 3.05) is 33.2 Å². The van der Waals surface area contributed by atoms with Crippen LogP contribution in [-0.4, -0.2) is 65.9 Å². The summed E-state index contributed by atoms with van der Waals surface area (Å²) in [5.41, 5.74) is 1.08. The number of nitrogens with zero attached hydrogens (tertiary/aromatic N) is 3. The smallest absolute Gasteiger partial charge is 0.226 e. The number of amides is 2. The Kier molecular flexibility index (Phi) is 6.48. The Labute approximate surface area is 174 Å². The maximum Gasteiger partial charge on any atom is 0.226 e. The molecular weight excluding hydrogens is 364 g/mol. The number of hydrogen-bond acceptors (Lipinski definition) is 4. The number of nitrogens with one attached hydrogen (secondary N) is 1. The second-order valence-electron chi connectivity index (χ2n) is 9.32. The van der Waals surface area contributed by atoms with Gasteiger partial charge in [-0.05, 0) is 62.6 Å². The van der Waals surface area contributed by atoms with Crippen molar-refractivity contribution in [2.24, 2.45) is 17.8 Å². The number of aryl methyl sites for hydroxylation is 1. The zero-order valence-electron chi connectivity index (χ0n) is 17.6. The molecule has 4 rings (SSSR count). The average Bonchev–Trinajstić information content (AvgIpc) is 3.26. The molecular formula is C23H34N4O2. The molecule has 0 bridgehead atoms. The van der Waals surface area contributed by atoms with Gasteiger partial charge < -0.3 is 15.1 Å². The van der Waals surface area contributed by atoms with Crippen molar-refractivity contribution in [1.29, 1.82) is 0 Å². The Hall–Kier alpha value is -1.95. The minimum absolute atomic E-state index is 0.0659. The number of carbonyl (C=O) groups is 2. The number of likely N-dealkylation sites (tertiary alicyclic amines) is 2. The number of hydrogen-bond donors (Lipinski definition) is 1. The molecule has 0 unspecified atom stereocenters. The van der Waals surface area contributed by atoms with Crippen LogP contribution < -0.4 is 5.32 Å². The van der Waals surface area contributed by atoms with Crippen molar-refractivity contribution in [3.8, 4) is 0 Å². The van der Waals surface area contributed by atoms with E-state index in [0.717, 1.165) is 56.4 Å². The number of carbonyl (C=O) groups excluding carboxylic acids is 2. The van der Waals surface area contributed by atoms with E-state index in [0.29, 0.717) is 18.7 Å². The highest BCUT2D eigenvalue weighted by Gasteiger charge is 2.40. The normalized spacial score (nSPS) is 30.0. The van der Waals surface area contributed by atoms with Crippen molar-refractivity contribution in [3.05, 3.63) is 30.1 Å². The summed E-state index contributed by atoms with van der Waals surface area (Å²) in [6, 6.07) is 4.03. The van der Waals surface area contributed by atoms with Crippen molar-refractivity contribution in [2.45, 2.75) is 51.0 Å². The van der Waals surface area contributed by atoms with Gasteiger partial charge >= 0.3 is 0 Å². The van der Waals surface area contributed by atoms with Crippen LogP contribution in [-0.2, 0) is 16.0 Å². The molecule has 3 heterocycles. The van der Waals surface area contributed by atoms with Gasteiger partial charge in [0.1, 0.15) is 0 Å². The summed E-state index contributed by atoms with van der Waals surface area (Å²) in [7, 11) is 2.07. The Morgan fingerprint density at radius 2 is 1.90 bits per heavy atom. The van der Waals surface area contributed by atoms with E-state index in [4.69, 9.17) is 0 Å². The number of aromatic nitrogens is 1. The van der Waals surface area contributed by atoms with Crippen LogP contribution in [0.4, 0.5) is 0 Å². The van der Waals surface area contributed by atoms with Crippen LogP contribution >= 0.6 is 0 Å². The lowest BCUT2D eigenvalue weighted by atomic mass is 10.00. The number of likely N-dealkylation sites (N-methyl/N-ethyl adjacent to an activating group) is 1. The Bertz CT molecular complexity index is 698. The van der Waals surface area contributed by atoms with Gasteiger partial charge in [-0.15, -0.1) is 0 Å². The lowest BCUT2D eigenvalue weighted by molar-refractivity contribution is -0.135. The zero-order chi connectivity index (χ0) is 20.2. The third kappa shape index (κ3) is 5.16. The molecule has 1 aliphatic carbocycles. The number of pyridine rings is 1. The van der Waals surface area contributed by atoms with Gasteiger partial charge in [-0.25, -0.2) is 0 Å². The summed E-state index contributed by atoms with van der Waals surface area (Å²) in [5.74, 6) is 1.99. The second-order valence-corrected chi connectivity index (χ2v) is 9.32. The highest BCUT2D eigenvalue weighted by Crippen LogP contribution is 2.38. The van der Waals surface area contributed by atoms with Gasteiger partial charge in [-0.2, -0.15) is 0 Å². The summed E-state index contributed by atoms with van der Waals surface area (Å²) in [6.07, 6.45) is 10.4. The van der Waals surface area contributed by atoms with Crippen LogP contribution in [0.15, 0.2) is 24.5 Å². The second kappa shape index (κ2) is 9.24. The van der Waals surface area contributed by atoms with E-state index in [1.54, 1.807) is 6.20 Å². The Morgan fingerprint density at radius 1 is 1.10 bits per heavy atom. The van der Waals surface area contributed by atoms with Gasteiger partial charge in [0.05, 0.1) is 5.92 Å². The number of rotatable bonds is 5. The van der Waals surface area contributed by atoms with Gasteiger partial charge in [0, 0.05) is 51.0 Å². The van der Waals surface area contributed by atoms with E-state index in [9.17, 15) is 9.59 Å². The summed E-state index contributed by atoms with van der Waals surface area (Å²) in [6.45, 7) is 3.55. The van der Waals surface area contributed by atoms with Gasteiger partial charge in [0.2, 0.25) is 11.8 Å². The Morgan fingerprint density at radius 3 is 2.62 bits per heavy atom. The lowest BCUT2D eigenvalue weighted by Gasteiger charge is -2.25. The fourth-order valence-corrected chi connectivity index (χ4v) is 5.51. The quantitative estimate of drug-likeness (QED) is 0.825. The highest BCUT2D eigenvalue weighted by molar-refractivity contribution is 5.79. The third-order valence-electron chi connectivity index (χ3n) is 7.04. The molecule has 2 saturated heterocycles. The Balaban J connectivity index is 1.25. The molecule has 1 aromatic rings. The first kappa shape index (κ1) is 20.3. The van der Waals surface area contributed by atoms with E-state index in [1.807, 2.05) is 18.3 Å². The molecule has 6 nitrogen and oxygen atoms in total. The molecule has 0 spiro atoms. The van der Waals surface area contributed by atoms with Crippen LogP contribution in [0.25, 0.3) is 0 Å². The van der Waals surface area contributed by atoms with Crippen molar-refractivity contribution < 1.29 is 9.59 Å². The fraction of sp³-hybridized carbons (Fsp3) is 0.696. The van der Waals surface area contributed by atoms with Crippen LogP contribution in [0.5, 0.6) is 0 Å². The molecule has 4 atom stereocenters. The molecule has 29 heavy (non-hydrogen) atoms. The van der Waals surface area contributed by atoms with Crippen LogP contribution in [0.2, 0.25) is 0 Å². The van der Waals surface area contributed by atoms with Crippen LogP contribution in [0.3, 0.4) is 0 Å². The first-order valence-corrected chi connectivity index (χ1v) is 11.2. The van der Waals surface area contributed by atoms with Crippen LogP contribution in [0, 0.1) is 17.8 Å². The molecule has 3 aliphatic rings. The SMILES string of the molecule is CN1C[C@@H](NC(=O)CCc2cccnc2)CC[C@@H](C(=O)N2C[C@H]3CCC[C@H]3C2)C1. The lowest BCUT2D eigenvalue weighted by Crippen LogP contribution is -2.42. The molecule has 3 fully saturated rings. The summed E-state index contributed by atoms with van der Waals surface area (Å²) < 4.78 is 0. The van der Waals surface area contributed by atoms with E-state index in [1.165, 1.54) is 19.3 Å². The van der Waals surface area contributed by atoms with Crippen molar-refractivity contribution in [3.63, 3.8) is 0 Å². The summed E-state index contributed by atoms with van der Waals surface area (Å²) >= 11 is 0. The molecule has 1 aromatic heterocycles. The predicted octanol–water partition coefficient (Wildman–Crippen LogP) is 2.10. The third-order valence-corrected chi connectivity index (χ3v) is 7.04. The summed E-state index contributed by atoms with van der Waals surface area (Å²) in [5, 5.41) is 3.20.